The minimum absolute atomic E-state index is 0.125. The van der Waals surface area contributed by atoms with Gasteiger partial charge in [-0.1, -0.05) is 294 Å². The van der Waals surface area contributed by atoms with Gasteiger partial charge in [0, 0.05) is 6.42 Å². The van der Waals surface area contributed by atoms with Gasteiger partial charge in [0.15, 0.2) is 12.4 Å². The van der Waals surface area contributed by atoms with Gasteiger partial charge in [-0.2, -0.15) is 0 Å². The van der Waals surface area contributed by atoms with Crippen molar-refractivity contribution in [2.24, 2.45) is 0 Å². The molecule has 11 nitrogen and oxygen atoms in total. The summed E-state index contributed by atoms with van der Waals surface area (Å²) in [5, 5.41) is 57.0. The molecule has 0 aromatic heterocycles. The van der Waals surface area contributed by atoms with Crippen LogP contribution in [-0.4, -0.2) is 99.6 Å². The summed E-state index contributed by atoms with van der Waals surface area (Å²) < 4.78 is 17.7. The standard InChI is InChI=1S/C69H127NO10/c1-4-7-10-13-16-19-22-25-26-27-28-29-30-31-32-33-34-35-36-37-38-39-42-45-48-51-54-57-64(74)80-67-66(76)65(75)63(58-71)79-69(67)78-59-60(61(72)55-52-49-46-43-40-23-20-17-14-11-8-5-2)70-68(77)62(73)56-53-50-47-44-41-24-21-18-15-12-9-6-3/h16,19,25-26,28-29,52,55,60-63,65-67,69,71-73,75-76H,4-15,17-18,20-24,27,30-51,53-54,56-59H2,1-3H3,(H,70,77)/b19-16-,26-25-,29-28-,55-52+. The van der Waals surface area contributed by atoms with E-state index in [1.807, 2.05) is 6.08 Å². The maximum Gasteiger partial charge on any atom is 0.306 e. The van der Waals surface area contributed by atoms with E-state index in [0.29, 0.717) is 19.3 Å². The molecule has 8 atom stereocenters. The molecule has 1 rings (SSSR count). The first-order valence-electron chi connectivity index (χ1n) is 33.9. The molecule has 1 saturated heterocycles. The molecule has 1 heterocycles. The van der Waals surface area contributed by atoms with Gasteiger partial charge in [-0.25, -0.2) is 0 Å². The van der Waals surface area contributed by atoms with E-state index in [-0.39, 0.29) is 13.0 Å². The molecule has 11 heteroatoms. The van der Waals surface area contributed by atoms with Crippen LogP contribution in [0.2, 0.25) is 0 Å². The van der Waals surface area contributed by atoms with Crippen molar-refractivity contribution in [3.05, 3.63) is 48.6 Å². The highest BCUT2D eigenvalue weighted by molar-refractivity contribution is 5.80. The van der Waals surface area contributed by atoms with Crippen molar-refractivity contribution in [2.75, 3.05) is 13.2 Å². The maximum atomic E-state index is 13.4. The van der Waals surface area contributed by atoms with Gasteiger partial charge < -0.3 is 45.1 Å². The minimum Gasteiger partial charge on any atom is -0.454 e. The molecule has 1 amide bonds. The molecule has 6 N–H and O–H groups in total. The zero-order valence-electron chi connectivity index (χ0n) is 52.0. The fourth-order valence-electron chi connectivity index (χ4n) is 10.6. The molecule has 0 bridgehead atoms. The Morgan fingerprint density at radius 3 is 1.31 bits per heavy atom. The molecule has 468 valence electrons. The third-order valence-corrected chi connectivity index (χ3v) is 16.0. The van der Waals surface area contributed by atoms with Gasteiger partial charge in [-0.15, -0.1) is 0 Å². The number of allylic oxidation sites excluding steroid dienone is 7. The van der Waals surface area contributed by atoms with Crippen molar-refractivity contribution in [1.29, 1.82) is 0 Å². The largest absolute Gasteiger partial charge is 0.454 e. The number of aliphatic hydroxyl groups excluding tert-OH is 5. The predicted molar refractivity (Wildman–Crippen MR) is 334 cm³/mol. The van der Waals surface area contributed by atoms with Gasteiger partial charge in [0.2, 0.25) is 5.91 Å². The zero-order chi connectivity index (χ0) is 58.2. The molecule has 0 aliphatic carbocycles. The summed E-state index contributed by atoms with van der Waals surface area (Å²) >= 11 is 0. The van der Waals surface area contributed by atoms with Gasteiger partial charge in [0.05, 0.1) is 25.4 Å². The fourth-order valence-corrected chi connectivity index (χ4v) is 10.6. The van der Waals surface area contributed by atoms with Gasteiger partial charge in [-0.05, 0) is 64.2 Å². The van der Waals surface area contributed by atoms with E-state index < -0.39 is 67.4 Å². The van der Waals surface area contributed by atoms with Crippen LogP contribution in [0.15, 0.2) is 48.6 Å². The van der Waals surface area contributed by atoms with E-state index in [1.54, 1.807) is 6.08 Å². The summed E-state index contributed by atoms with van der Waals surface area (Å²) in [6.07, 6.45) is 60.2. The number of carbonyl (C=O) groups is 2. The van der Waals surface area contributed by atoms with E-state index in [0.717, 1.165) is 70.6 Å². The number of aliphatic hydroxyl groups is 5. The molecule has 0 saturated carbocycles. The van der Waals surface area contributed by atoms with Crippen LogP contribution in [0.5, 0.6) is 0 Å². The minimum atomic E-state index is -1.61. The topological polar surface area (TPSA) is 175 Å². The highest BCUT2D eigenvalue weighted by Gasteiger charge is 2.47. The number of hydrogen-bond acceptors (Lipinski definition) is 10. The second kappa shape index (κ2) is 57.1. The lowest BCUT2D eigenvalue weighted by molar-refractivity contribution is -0.305. The van der Waals surface area contributed by atoms with Crippen LogP contribution in [0.3, 0.4) is 0 Å². The molecule has 0 aromatic rings. The van der Waals surface area contributed by atoms with Crippen molar-refractivity contribution in [2.45, 2.75) is 365 Å². The van der Waals surface area contributed by atoms with E-state index in [2.05, 4.69) is 62.5 Å². The molecule has 1 aliphatic heterocycles. The maximum absolute atomic E-state index is 13.4. The lowest BCUT2D eigenvalue weighted by Gasteiger charge is -2.41. The van der Waals surface area contributed by atoms with Crippen LogP contribution in [0.1, 0.15) is 316 Å². The number of ether oxygens (including phenoxy) is 3. The summed E-state index contributed by atoms with van der Waals surface area (Å²) in [5.74, 6) is -1.18. The normalized spacial score (nSPS) is 19.0. The second-order valence-corrected chi connectivity index (χ2v) is 23.6. The Labute approximate surface area is 491 Å². The number of esters is 1. The first kappa shape index (κ1) is 75.6. The number of rotatable bonds is 58. The van der Waals surface area contributed by atoms with E-state index in [4.69, 9.17) is 14.2 Å². The molecular formula is C69H127NO10. The monoisotopic (exact) mass is 1130 g/mol. The summed E-state index contributed by atoms with van der Waals surface area (Å²) in [4.78, 5) is 26.6. The average Bonchev–Trinajstić information content (AvgIpc) is 3.46. The van der Waals surface area contributed by atoms with Crippen LogP contribution >= 0.6 is 0 Å². The molecule has 0 radical (unpaired) electrons. The van der Waals surface area contributed by atoms with Crippen molar-refractivity contribution in [3.8, 4) is 0 Å². The summed E-state index contributed by atoms with van der Waals surface area (Å²) in [6.45, 7) is 5.78. The van der Waals surface area contributed by atoms with Crippen LogP contribution < -0.4 is 5.32 Å². The third kappa shape index (κ3) is 44.2. The first-order valence-corrected chi connectivity index (χ1v) is 33.9. The van der Waals surface area contributed by atoms with Crippen molar-refractivity contribution in [1.82, 2.24) is 5.32 Å². The third-order valence-electron chi connectivity index (χ3n) is 16.0. The SMILES string of the molecule is CCCCC/C=C\C/C=C\C/C=C\CCCCCCCCCCCCCCCCC(=O)OC1C(OCC(NC(=O)C(O)CCCCCCCCCCCCCC)C(O)/C=C/CCCCCCCCCCCC)OC(CO)C(O)C1O. The Bertz CT molecular complexity index is 1490. The quantitative estimate of drug-likeness (QED) is 0.0195. The number of unbranched alkanes of at least 4 members (excludes halogenated alkanes) is 38. The molecule has 80 heavy (non-hydrogen) atoms. The van der Waals surface area contributed by atoms with Crippen molar-refractivity contribution < 1.29 is 49.3 Å². The molecule has 0 spiro atoms. The lowest BCUT2D eigenvalue weighted by atomic mass is 9.99. The fraction of sp³-hybridized carbons (Fsp3) is 0.855. The number of hydrogen-bond donors (Lipinski definition) is 6. The Balaban J connectivity index is 2.53. The molecule has 1 fully saturated rings. The molecule has 1 aliphatic rings. The smallest absolute Gasteiger partial charge is 0.306 e. The Hall–Kier alpha value is -2.38. The number of nitrogens with one attached hydrogen (secondary N) is 1. The second-order valence-electron chi connectivity index (χ2n) is 23.6. The zero-order valence-corrected chi connectivity index (χ0v) is 52.0. The average molecular weight is 1130 g/mol. The van der Waals surface area contributed by atoms with Gasteiger partial charge >= 0.3 is 5.97 Å². The van der Waals surface area contributed by atoms with E-state index in [9.17, 15) is 35.1 Å². The highest BCUT2D eigenvalue weighted by Crippen LogP contribution is 2.26. The number of amides is 1. The number of carbonyl (C=O) groups excluding carboxylic acids is 2. The van der Waals surface area contributed by atoms with Gasteiger partial charge in [0.1, 0.15) is 24.4 Å². The van der Waals surface area contributed by atoms with Gasteiger partial charge in [-0.3, -0.25) is 9.59 Å². The Morgan fingerprint density at radius 2 is 0.863 bits per heavy atom. The van der Waals surface area contributed by atoms with Crippen LogP contribution in [0, 0.1) is 0 Å². The predicted octanol–water partition coefficient (Wildman–Crippen LogP) is 16.8. The Kier molecular flexibility index (Phi) is 54.0. The van der Waals surface area contributed by atoms with Crippen molar-refractivity contribution >= 4 is 11.9 Å². The van der Waals surface area contributed by atoms with Gasteiger partial charge in [0.25, 0.3) is 0 Å². The highest BCUT2D eigenvalue weighted by atomic mass is 16.7. The van der Waals surface area contributed by atoms with E-state index in [1.165, 1.54) is 199 Å². The summed E-state index contributed by atoms with van der Waals surface area (Å²) in [6, 6.07) is -1.02. The molecular weight excluding hydrogens is 1000 g/mol. The summed E-state index contributed by atoms with van der Waals surface area (Å²) in [5.41, 5.74) is 0. The van der Waals surface area contributed by atoms with Crippen LogP contribution in [0.4, 0.5) is 0 Å². The van der Waals surface area contributed by atoms with E-state index >= 15 is 0 Å². The first-order chi connectivity index (χ1) is 39.2. The molecule has 0 aromatic carbocycles. The molecule has 8 unspecified atom stereocenters. The van der Waals surface area contributed by atoms with Crippen LogP contribution in [-0.2, 0) is 23.8 Å². The van der Waals surface area contributed by atoms with Crippen molar-refractivity contribution in [3.63, 3.8) is 0 Å². The van der Waals surface area contributed by atoms with Crippen LogP contribution in [0.25, 0.3) is 0 Å². The Morgan fingerprint density at radius 1 is 0.487 bits per heavy atom. The lowest BCUT2D eigenvalue weighted by Crippen LogP contribution is -2.61. The summed E-state index contributed by atoms with van der Waals surface area (Å²) in [7, 11) is 0.